The zero-order valence-electron chi connectivity index (χ0n) is 11.4. The van der Waals surface area contributed by atoms with Gasteiger partial charge in [-0.3, -0.25) is 4.79 Å². The highest BCUT2D eigenvalue weighted by atomic mass is 16.2. The summed E-state index contributed by atoms with van der Waals surface area (Å²) in [6.45, 7) is 2.08. The average Bonchev–Trinajstić information content (AvgIpc) is 3.00. The quantitative estimate of drug-likeness (QED) is 0.721. The van der Waals surface area contributed by atoms with Gasteiger partial charge < -0.3 is 15.2 Å². The highest BCUT2D eigenvalue weighted by Gasteiger charge is 2.23. The molecule has 21 heavy (non-hydrogen) atoms. The molecule has 7 nitrogen and oxygen atoms in total. The summed E-state index contributed by atoms with van der Waals surface area (Å²) in [5.74, 6) is 6.31. The van der Waals surface area contributed by atoms with Crippen molar-refractivity contribution >= 4 is 5.91 Å². The van der Waals surface area contributed by atoms with Gasteiger partial charge in [0.05, 0.1) is 13.1 Å². The molecule has 0 atom stereocenters. The van der Waals surface area contributed by atoms with Gasteiger partial charge >= 0.3 is 0 Å². The number of carbonyl (C=O) groups is 1. The summed E-state index contributed by atoms with van der Waals surface area (Å²) in [4.78, 5) is 18.3. The zero-order valence-corrected chi connectivity index (χ0v) is 11.4. The summed E-state index contributed by atoms with van der Waals surface area (Å²) in [7, 11) is 0. The van der Waals surface area contributed by atoms with E-state index in [2.05, 4.69) is 27.0 Å². The molecule has 1 amide bonds. The van der Waals surface area contributed by atoms with Crippen molar-refractivity contribution < 1.29 is 4.79 Å². The van der Waals surface area contributed by atoms with Gasteiger partial charge in [-0.2, -0.15) is 0 Å². The molecule has 2 aromatic rings. The van der Waals surface area contributed by atoms with Crippen LogP contribution in [0.2, 0.25) is 0 Å². The normalized spacial score (nSPS) is 13.3. The number of fused-ring (bicyclic) bond motifs is 1. The van der Waals surface area contributed by atoms with E-state index in [1.54, 1.807) is 29.6 Å². The van der Waals surface area contributed by atoms with Crippen LogP contribution in [0, 0.1) is 11.8 Å². The number of hydrogen-bond donors (Lipinski definition) is 1. The molecule has 106 valence electrons. The average molecular weight is 282 g/mol. The third-order valence-electron chi connectivity index (χ3n) is 3.24. The number of pyridine rings is 1. The molecule has 7 heteroatoms. The fraction of sp³-hybridized carbons (Fsp3) is 0.286. The molecule has 3 heterocycles. The van der Waals surface area contributed by atoms with Crippen LogP contribution in [0.3, 0.4) is 0 Å². The van der Waals surface area contributed by atoms with Crippen molar-refractivity contribution in [2.45, 2.75) is 13.1 Å². The van der Waals surface area contributed by atoms with Crippen LogP contribution in [0.1, 0.15) is 21.9 Å². The molecule has 0 saturated heterocycles. The lowest BCUT2D eigenvalue weighted by Crippen LogP contribution is -2.38. The molecular weight excluding hydrogens is 268 g/mol. The van der Waals surface area contributed by atoms with Crippen molar-refractivity contribution in [2.75, 3.05) is 13.1 Å². The second-order valence-corrected chi connectivity index (χ2v) is 4.61. The Kier molecular flexibility index (Phi) is 3.62. The molecule has 0 saturated carbocycles. The third-order valence-corrected chi connectivity index (χ3v) is 3.24. The Morgan fingerprint density at radius 3 is 3.05 bits per heavy atom. The molecule has 1 aliphatic rings. The van der Waals surface area contributed by atoms with E-state index in [4.69, 9.17) is 5.73 Å². The number of carbonyl (C=O) groups excluding carboxylic acids is 1. The van der Waals surface area contributed by atoms with E-state index >= 15 is 0 Å². The predicted octanol–water partition coefficient (Wildman–Crippen LogP) is -0.361. The predicted molar refractivity (Wildman–Crippen MR) is 74.9 cm³/mol. The highest BCUT2D eigenvalue weighted by molar-refractivity contribution is 5.92. The van der Waals surface area contributed by atoms with Crippen LogP contribution >= 0.6 is 0 Å². The van der Waals surface area contributed by atoms with Crippen molar-refractivity contribution in [1.82, 2.24) is 24.6 Å². The largest absolute Gasteiger partial charge is 0.328 e. The lowest BCUT2D eigenvalue weighted by Gasteiger charge is -2.26. The molecular formula is C14H14N6O. The first-order valence-electron chi connectivity index (χ1n) is 6.59. The van der Waals surface area contributed by atoms with Crippen molar-refractivity contribution in [2.24, 2.45) is 5.73 Å². The first kappa shape index (κ1) is 13.3. The number of nitrogens with zero attached hydrogens (tertiary/aromatic N) is 5. The van der Waals surface area contributed by atoms with E-state index in [9.17, 15) is 4.79 Å². The van der Waals surface area contributed by atoms with Gasteiger partial charge in [0.2, 0.25) is 0 Å². The van der Waals surface area contributed by atoms with Gasteiger partial charge in [-0.05, 0) is 12.1 Å². The van der Waals surface area contributed by atoms with Gasteiger partial charge in [-0.15, -0.1) is 10.2 Å². The standard InChI is InChI=1S/C14H14N6O/c15-5-1-2-11-3-4-12(16-8-11)14(21)19-6-7-20-10-17-18-13(20)9-19/h3-4,8,10H,5-7,9,15H2. The first-order valence-corrected chi connectivity index (χ1v) is 6.59. The Bertz CT molecular complexity index is 709. The summed E-state index contributed by atoms with van der Waals surface area (Å²) in [5.41, 5.74) is 6.46. The second kappa shape index (κ2) is 5.73. The fourth-order valence-corrected chi connectivity index (χ4v) is 2.15. The molecule has 0 spiro atoms. The summed E-state index contributed by atoms with van der Waals surface area (Å²) < 4.78 is 1.95. The summed E-state index contributed by atoms with van der Waals surface area (Å²) in [6, 6.07) is 3.46. The minimum absolute atomic E-state index is 0.109. The Hall–Kier alpha value is -2.72. The maximum Gasteiger partial charge on any atom is 0.272 e. The van der Waals surface area contributed by atoms with Gasteiger partial charge in [-0.25, -0.2) is 4.98 Å². The Morgan fingerprint density at radius 1 is 1.38 bits per heavy atom. The molecule has 2 aromatic heterocycles. The number of amides is 1. The molecule has 0 aromatic carbocycles. The lowest BCUT2D eigenvalue weighted by molar-refractivity contribution is 0.0701. The zero-order chi connectivity index (χ0) is 14.7. The van der Waals surface area contributed by atoms with Crippen molar-refractivity contribution in [3.63, 3.8) is 0 Å². The topological polar surface area (TPSA) is 89.9 Å². The molecule has 0 fully saturated rings. The number of aromatic nitrogens is 4. The SMILES string of the molecule is NCC#Cc1ccc(C(=O)N2CCn3cnnc3C2)nc1. The van der Waals surface area contributed by atoms with E-state index in [1.165, 1.54) is 0 Å². The van der Waals surface area contributed by atoms with E-state index in [0.29, 0.717) is 31.9 Å². The van der Waals surface area contributed by atoms with Crippen molar-refractivity contribution in [3.8, 4) is 11.8 Å². The lowest BCUT2D eigenvalue weighted by atomic mass is 10.2. The fourth-order valence-electron chi connectivity index (χ4n) is 2.15. The van der Waals surface area contributed by atoms with Gasteiger partial charge in [0.1, 0.15) is 12.0 Å². The maximum atomic E-state index is 12.4. The Balaban J connectivity index is 1.74. The van der Waals surface area contributed by atoms with E-state index in [-0.39, 0.29) is 5.91 Å². The van der Waals surface area contributed by atoms with Gasteiger partial charge in [0.15, 0.2) is 5.82 Å². The van der Waals surface area contributed by atoms with E-state index < -0.39 is 0 Å². The highest BCUT2D eigenvalue weighted by Crippen LogP contribution is 2.12. The Morgan fingerprint density at radius 2 is 2.29 bits per heavy atom. The number of nitrogens with two attached hydrogens (primary N) is 1. The van der Waals surface area contributed by atoms with Crippen LogP contribution in [0.25, 0.3) is 0 Å². The van der Waals surface area contributed by atoms with E-state index in [1.807, 2.05) is 4.57 Å². The minimum Gasteiger partial charge on any atom is -0.328 e. The number of hydrogen-bond acceptors (Lipinski definition) is 5. The molecule has 0 radical (unpaired) electrons. The summed E-state index contributed by atoms with van der Waals surface area (Å²) in [5, 5.41) is 7.84. The summed E-state index contributed by atoms with van der Waals surface area (Å²) in [6.07, 6.45) is 3.27. The van der Waals surface area contributed by atoms with Crippen LogP contribution < -0.4 is 5.73 Å². The third kappa shape index (κ3) is 2.75. The summed E-state index contributed by atoms with van der Waals surface area (Å²) >= 11 is 0. The molecule has 0 unspecified atom stereocenters. The smallest absolute Gasteiger partial charge is 0.272 e. The minimum atomic E-state index is -0.109. The molecule has 1 aliphatic heterocycles. The molecule has 0 bridgehead atoms. The first-order chi connectivity index (χ1) is 10.3. The van der Waals surface area contributed by atoms with Gasteiger partial charge in [0, 0.05) is 24.8 Å². The van der Waals surface area contributed by atoms with Crippen molar-refractivity contribution in [3.05, 3.63) is 41.7 Å². The van der Waals surface area contributed by atoms with Crippen LogP contribution in [-0.2, 0) is 13.1 Å². The van der Waals surface area contributed by atoms with Gasteiger partial charge in [0.25, 0.3) is 5.91 Å². The van der Waals surface area contributed by atoms with Gasteiger partial charge in [-0.1, -0.05) is 11.8 Å². The molecule has 3 rings (SSSR count). The van der Waals surface area contributed by atoms with Crippen LogP contribution in [0.15, 0.2) is 24.7 Å². The maximum absolute atomic E-state index is 12.4. The van der Waals surface area contributed by atoms with E-state index in [0.717, 1.165) is 11.4 Å². The van der Waals surface area contributed by atoms with Crippen molar-refractivity contribution in [1.29, 1.82) is 0 Å². The van der Waals surface area contributed by atoms with Crippen LogP contribution in [0.4, 0.5) is 0 Å². The monoisotopic (exact) mass is 282 g/mol. The van der Waals surface area contributed by atoms with Crippen LogP contribution in [0.5, 0.6) is 0 Å². The Labute approximate surface area is 121 Å². The number of rotatable bonds is 1. The van der Waals surface area contributed by atoms with Crippen LogP contribution in [-0.4, -0.2) is 43.6 Å². The molecule has 2 N–H and O–H groups in total. The second-order valence-electron chi connectivity index (χ2n) is 4.61. The molecule has 0 aliphatic carbocycles.